The first-order chi connectivity index (χ1) is 8.11. The first-order valence-corrected chi connectivity index (χ1v) is 5.19. The summed E-state index contributed by atoms with van der Waals surface area (Å²) < 4.78 is 13.7. The van der Waals surface area contributed by atoms with Gasteiger partial charge >= 0.3 is 5.97 Å². The Morgan fingerprint density at radius 1 is 1.06 bits per heavy atom. The third-order valence-electron chi connectivity index (χ3n) is 2.65. The Balaban J connectivity index is 2.72. The summed E-state index contributed by atoms with van der Waals surface area (Å²) in [5.74, 6) is -1.46. The number of aromatic carboxylic acids is 1. The smallest absolute Gasteiger partial charge is 0.336 e. The van der Waals surface area contributed by atoms with Crippen LogP contribution in [0.3, 0.4) is 0 Å². The fourth-order valence-corrected chi connectivity index (χ4v) is 1.86. The van der Waals surface area contributed by atoms with E-state index in [1.165, 1.54) is 6.07 Å². The highest BCUT2D eigenvalue weighted by atomic mass is 19.1. The molecule has 0 radical (unpaired) electrons. The molecule has 0 saturated heterocycles. The highest BCUT2D eigenvalue weighted by Gasteiger charge is 2.16. The van der Waals surface area contributed by atoms with Crippen molar-refractivity contribution in [3.63, 3.8) is 0 Å². The van der Waals surface area contributed by atoms with Crippen LogP contribution in [-0.2, 0) is 0 Å². The standard InChI is InChI=1S/C14H11FO2/c1-9-5-4-7-11(13(9)14(16)17)10-6-2-3-8-12(10)15/h2-8H,1H3,(H,16,17). The molecule has 1 N–H and O–H groups in total. The Bertz CT molecular complexity index is 576. The number of halogens is 1. The zero-order valence-corrected chi connectivity index (χ0v) is 9.27. The predicted molar refractivity (Wildman–Crippen MR) is 63.5 cm³/mol. The number of hydrogen-bond acceptors (Lipinski definition) is 1. The van der Waals surface area contributed by atoms with Crippen LogP contribution in [0.4, 0.5) is 4.39 Å². The summed E-state index contributed by atoms with van der Waals surface area (Å²) >= 11 is 0. The second-order valence-corrected chi connectivity index (χ2v) is 3.78. The molecule has 0 aromatic heterocycles. The van der Waals surface area contributed by atoms with Crippen molar-refractivity contribution in [3.05, 3.63) is 59.4 Å². The molecular weight excluding hydrogens is 219 g/mol. The maximum atomic E-state index is 13.7. The fourth-order valence-electron chi connectivity index (χ4n) is 1.86. The van der Waals surface area contributed by atoms with E-state index in [1.807, 2.05) is 0 Å². The zero-order chi connectivity index (χ0) is 12.4. The summed E-state index contributed by atoms with van der Waals surface area (Å²) in [5, 5.41) is 9.18. The van der Waals surface area contributed by atoms with E-state index in [1.54, 1.807) is 43.3 Å². The molecular formula is C14H11FO2. The summed E-state index contributed by atoms with van der Waals surface area (Å²) in [7, 11) is 0. The molecule has 86 valence electrons. The van der Waals surface area contributed by atoms with Crippen molar-refractivity contribution in [1.82, 2.24) is 0 Å². The number of carboxylic acids is 1. The van der Waals surface area contributed by atoms with Gasteiger partial charge in [-0.1, -0.05) is 36.4 Å². The van der Waals surface area contributed by atoms with Crippen molar-refractivity contribution >= 4 is 5.97 Å². The molecule has 2 rings (SSSR count). The fraction of sp³-hybridized carbons (Fsp3) is 0.0714. The minimum absolute atomic E-state index is 0.151. The second-order valence-electron chi connectivity index (χ2n) is 3.78. The molecule has 2 nitrogen and oxygen atoms in total. The van der Waals surface area contributed by atoms with Crippen LogP contribution in [0.5, 0.6) is 0 Å². The summed E-state index contributed by atoms with van der Waals surface area (Å²) in [5.41, 5.74) is 1.50. The van der Waals surface area contributed by atoms with Gasteiger partial charge in [0.1, 0.15) is 5.82 Å². The van der Waals surface area contributed by atoms with Gasteiger partial charge in [-0.3, -0.25) is 0 Å². The van der Waals surface area contributed by atoms with E-state index >= 15 is 0 Å². The number of rotatable bonds is 2. The largest absolute Gasteiger partial charge is 0.478 e. The Hall–Kier alpha value is -2.16. The van der Waals surface area contributed by atoms with Crippen LogP contribution >= 0.6 is 0 Å². The minimum Gasteiger partial charge on any atom is -0.478 e. The van der Waals surface area contributed by atoms with Gasteiger partial charge in [0.2, 0.25) is 0 Å². The van der Waals surface area contributed by atoms with Crippen molar-refractivity contribution < 1.29 is 14.3 Å². The van der Waals surface area contributed by atoms with Crippen molar-refractivity contribution in [2.75, 3.05) is 0 Å². The summed E-state index contributed by atoms with van der Waals surface area (Å²) in [6, 6.07) is 11.2. The topological polar surface area (TPSA) is 37.3 Å². The Kier molecular flexibility index (Phi) is 2.91. The normalized spacial score (nSPS) is 10.2. The molecule has 0 saturated carbocycles. The lowest BCUT2D eigenvalue weighted by Crippen LogP contribution is -2.03. The molecule has 0 spiro atoms. The molecule has 2 aromatic carbocycles. The molecule has 0 fully saturated rings. The number of hydrogen-bond donors (Lipinski definition) is 1. The van der Waals surface area contributed by atoms with Crippen LogP contribution in [0, 0.1) is 12.7 Å². The molecule has 0 aliphatic carbocycles. The zero-order valence-electron chi connectivity index (χ0n) is 9.27. The predicted octanol–water partition coefficient (Wildman–Crippen LogP) is 3.50. The number of carboxylic acid groups (broad SMARTS) is 1. The van der Waals surface area contributed by atoms with E-state index < -0.39 is 11.8 Å². The van der Waals surface area contributed by atoms with Crippen molar-refractivity contribution in [1.29, 1.82) is 0 Å². The molecule has 0 atom stereocenters. The van der Waals surface area contributed by atoms with Crippen molar-refractivity contribution in [2.45, 2.75) is 6.92 Å². The lowest BCUT2D eigenvalue weighted by molar-refractivity contribution is 0.0697. The Morgan fingerprint density at radius 2 is 1.71 bits per heavy atom. The van der Waals surface area contributed by atoms with Crippen LogP contribution in [0.2, 0.25) is 0 Å². The quantitative estimate of drug-likeness (QED) is 0.857. The highest BCUT2D eigenvalue weighted by Crippen LogP contribution is 2.28. The summed E-state index contributed by atoms with van der Waals surface area (Å²) in [6.45, 7) is 1.70. The SMILES string of the molecule is Cc1cccc(-c2ccccc2F)c1C(=O)O. The Morgan fingerprint density at radius 3 is 2.35 bits per heavy atom. The monoisotopic (exact) mass is 230 g/mol. The second kappa shape index (κ2) is 4.37. The van der Waals surface area contributed by atoms with E-state index in [0.717, 1.165) is 0 Å². The van der Waals surface area contributed by atoms with Gasteiger partial charge in [0.15, 0.2) is 0 Å². The van der Waals surface area contributed by atoms with Crippen LogP contribution in [0.25, 0.3) is 11.1 Å². The van der Waals surface area contributed by atoms with Gasteiger partial charge in [-0.15, -0.1) is 0 Å². The van der Waals surface area contributed by atoms with E-state index in [4.69, 9.17) is 0 Å². The van der Waals surface area contributed by atoms with Gasteiger partial charge in [0.25, 0.3) is 0 Å². The van der Waals surface area contributed by atoms with Gasteiger partial charge in [-0.05, 0) is 24.1 Å². The summed E-state index contributed by atoms with van der Waals surface area (Å²) in [6.07, 6.45) is 0. The van der Waals surface area contributed by atoms with Gasteiger partial charge in [-0.2, -0.15) is 0 Å². The molecule has 0 bridgehead atoms. The molecule has 0 aliphatic rings. The molecule has 0 unspecified atom stereocenters. The third kappa shape index (κ3) is 2.04. The highest BCUT2D eigenvalue weighted by molar-refractivity contribution is 5.97. The lowest BCUT2D eigenvalue weighted by atomic mass is 9.96. The van der Waals surface area contributed by atoms with Gasteiger partial charge in [0, 0.05) is 5.56 Å². The maximum absolute atomic E-state index is 13.7. The Labute approximate surface area is 98.3 Å². The van der Waals surface area contributed by atoms with Crippen LogP contribution in [0.15, 0.2) is 42.5 Å². The number of carbonyl (C=O) groups is 1. The minimum atomic E-state index is -1.04. The van der Waals surface area contributed by atoms with Gasteiger partial charge < -0.3 is 5.11 Å². The molecule has 0 amide bonds. The first-order valence-electron chi connectivity index (χ1n) is 5.19. The van der Waals surface area contributed by atoms with E-state index in [2.05, 4.69) is 0 Å². The number of benzene rings is 2. The molecule has 0 heterocycles. The van der Waals surface area contributed by atoms with Gasteiger partial charge in [-0.25, -0.2) is 9.18 Å². The summed E-state index contributed by atoms with van der Waals surface area (Å²) in [4.78, 5) is 11.2. The lowest BCUT2D eigenvalue weighted by Gasteiger charge is -2.09. The van der Waals surface area contributed by atoms with E-state index in [-0.39, 0.29) is 5.56 Å². The first kappa shape index (κ1) is 11.3. The van der Waals surface area contributed by atoms with Crippen LogP contribution in [-0.4, -0.2) is 11.1 Å². The van der Waals surface area contributed by atoms with Gasteiger partial charge in [0.05, 0.1) is 5.56 Å². The van der Waals surface area contributed by atoms with E-state index in [0.29, 0.717) is 16.7 Å². The molecule has 17 heavy (non-hydrogen) atoms. The van der Waals surface area contributed by atoms with Crippen molar-refractivity contribution in [2.24, 2.45) is 0 Å². The van der Waals surface area contributed by atoms with Crippen molar-refractivity contribution in [3.8, 4) is 11.1 Å². The maximum Gasteiger partial charge on any atom is 0.336 e. The number of aryl methyl sites for hydroxylation is 1. The molecule has 2 aromatic rings. The molecule has 3 heteroatoms. The third-order valence-corrected chi connectivity index (χ3v) is 2.65. The van der Waals surface area contributed by atoms with Crippen LogP contribution in [0.1, 0.15) is 15.9 Å². The average Bonchev–Trinajstić information content (AvgIpc) is 2.28. The van der Waals surface area contributed by atoms with E-state index in [9.17, 15) is 14.3 Å². The van der Waals surface area contributed by atoms with Crippen LogP contribution < -0.4 is 0 Å². The molecule has 0 aliphatic heterocycles. The average molecular weight is 230 g/mol.